The second kappa shape index (κ2) is 9.78. The van der Waals surface area contributed by atoms with Crippen LogP contribution >= 0.6 is 21.2 Å². The average Bonchev–Trinajstić information content (AvgIpc) is 1.41. The zero-order valence-corrected chi connectivity index (χ0v) is 8.89. The first-order chi connectivity index (χ1) is 2.73. The van der Waals surface area contributed by atoms with E-state index < -0.39 is 0 Å². The fourth-order valence-corrected chi connectivity index (χ4v) is 0. The van der Waals surface area contributed by atoms with E-state index in [-0.39, 0.29) is 0 Å². The number of hydrogen-bond acceptors (Lipinski definition) is 0. The molecule has 6 heavy (non-hydrogen) atoms. The van der Waals surface area contributed by atoms with Gasteiger partial charge in [0.05, 0.1) is 0 Å². The summed E-state index contributed by atoms with van der Waals surface area (Å²) in [6.45, 7) is 6.69. The van der Waals surface area contributed by atoms with Gasteiger partial charge in [-0.15, -0.1) is 7.92 Å². The van der Waals surface area contributed by atoms with E-state index in [2.05, 4.69) is 33.3 Å². The van der Waals surface area contributed by atoms with E-state index in [1.165, 1.54) is 0 Å². The van der Waals surface area contributed by atoms with Crippen molar-refractivity contribution in [2.75, 3.05) is 20.0 Å². The van der Waals surface area contributed by atoms with Crippen LogP contribution in [0.3, 0.4) is 0 Å². The molecule has 0 fully saturated rings. The molecule has 0 bridgehead atoms. The summed E-state index contributed by atoms with van der Waals surface area (Å²) in [6, 6.07) is 0. The van der Waals surface area contributed by atoms with E-state index in [4.69, 9.17) is 0 Å². The molecule has 0 aromatic rings. The molecule has 0 radical (unpaired) electrons. The standard InChI is InChI=1S/C3H9P.BrH.Pt/c1-4(2)3;;/h1-3H3;1H;/q;;+1/p-1. The molecule has 43 valence electrons. The van der Waals surface area contributed by atoms with Crippen molar-refractivity contribution in [2.45, 2.75) is 0 Å². The summed E-state index contributed by atoms with van der Waals surface area (Å²) < 4.78 is 0. The van der Waals surface area contributed by atoms with Crippen molar-refractivity contribution in [3.8, 4) is 0 Å². The second-order valence-electron chi connectivity index (χ2n) is 1.34. The molecule has 0 aliphatic rings. The van der Waals surface area contributed by atoms with Gasteiger partial charge in [-0.1, -0.05) is 0 Å². The summed E-state index contributed by atoms with van der Waals surface area (Å²) >= 11 is 4.86. The zero-order chi connectivity index (χ0) is 5.58. The number of halogens is 1. The SMILES string of the molecule is CP(C)C.[Br][Pt]. The van der Waals surface area contributed by atoms with Gasteiger partial charge in [-0.3, -0.25) is 0 Å². The zero-order valence-electron chi connectivity index (χ0n) is 4.14. The van der Waals surface area contributed by atoms with E-state index >= 15 is 0 Å². The first-order valence-corrected chi connectivity index (χ1v) is 9.11. The van der Waals surface area contributed by atoms with Crippen LogP contribution in [0.5, 0.6) is 0 Å². The Hall–Kier alpha value is 1.60. The fourth-order valence-electron chi connectivity index (χ4n) is 0. The Bertz CT molecular complexity index is 15.5. The predicted octanol–water partition coefficient (Wildman–Crippen LogP) is 2.20. The predicted molar refractivity (Wildman–Crippen MR) is 33.6 cm³/mol. The molecular weight excluding hydrogens is 342 g/mol. The summed E-state index contributed by atoms with van der Waals surface area (Å²) in [6.07, 6.45) is 0. The third kappa shape index (κ3) is 46.3. The van der Waals surface area contributed by atoms with Crippen LogP contribution in [0, 0.1) is 0 Å². The van der Waals surface area contributed by atoms with Gasteiger partial charge in [0.25, 0.3) is 0 Å². The molecule has 0 rings (SSSR count). The number of rotatable bonds is 0. The van der Waals surface area contributed by atoms with Crippen molar-refractivity contribution < 1.29 is 17.8 Å². The van der Waals surface area contributed by atoms with Crippen molar-refractivity contribution in [2.24, 2.45) is 0 Å². The monoisotopic (exact) mass is 350 g/mol. The van der Waals surface area contributed by atoms with E-state index in [0.29, 0.717) is 7.92 Å². The molecule has 0 aromatic carbocycles. The van der Waals surface area contributed by atoms with Crippen molar-refractivity contribution in [1.82, 2.24) is 0 Å². The normalized spacial score (nSPS) is 7.17. The van der Waals surface area contributed by atoms with Gasteiger partial charge < -0.3 is 0 Å². The fraction of sp³-hybridized carbons (Fsp3) is 1.00. The Morgan fingerprint density at radius 3 is 1.17 bits per heavy atom. The van der Waals surface area contributed by atoms with E-state index in [1.54, 1.807) is 0 Å². The van der Waals surface area contributed by atoms with Crippen LogP contribution in [0.2, 0.25) is 0 Å². The van der Waals surface area contributed by atoms with Crippen LogP contribution in [-0.2, 0) is 17.8 Å². The molecule has 0 aromatic heterocycles. The topological polar surface area (TPSA) is 0 Å². The Labute approximate surface area is 58.9 Å². The third-order valence-corrected chi connectivity index (χ3v) is 0. The van der Waals surface area contributed by atoms with Crippen molar-refractivity contribution >= 4 is 21.2 Å². The summed E-state index contributed by atoms with van der Waals surface area (Å²) in [5, 5.41) is 0. The first-order valence-electron chi connectivity index (χ1n) is 1.46. The van der Waals surface area contributed by atoms with Crippen LogP contribution in [0.15, 0.2) is 0 Å². The first kappa shape index (κ1) is 10.6. The van der Waals surface area contributed by atoms with Crippen molar-refractivity contribution in [1.29, 1.82) is 0 Å². The molecule has 0 aliphatic carbocycles. The third-order valence-electron chi connectivity index (χ3n) is 0. The van der Waals surface area contributed by atoms with Crippen molar-refractivity contribution in [3.05, 3.63) is 0 Å². The quantitative estimate of drug-likeness (QED) is 0.587. The van der Waals surface area contributed by atoms with Crippen LogP contribution < -0.4 is 0 Å². The molecule has 0 aliphatic heterocycles. The van der Waals surface area contributed by atoms with E-state index in [9.17, 15) is 0 Å². The molecule has 0 spiro atoms. The van der Waals surface area contributed by atoms with Gasteiger partial charge >= 0.3 is 31.1 Å². The maximum atomic E-state index is 2.91. The van der Waals surface area contributed by atoms with Crippen LogP contribution in [0.25, 0.3) is 0 Å². The van der Waals surface area contributed by atoms with Gasteiger partial charge in [0, 0.05) is 0 Å². The Kier molecular flexibility index (Phi) is 17.2. The molecule has 0 atom stereocenters. The molecule has 0 nitrogen and oxygen atoms in total. The van der Waals surface area contributed by atoms with Crippen LogP contribution in [-0.4, -0.2) is 20.0 Å². The molecule has 0 saturated carbocycles. The minimum atomic E-state index is 0.380. The minimum absolute atomic E-state index is 0.380. The summed E-state index contributed by atoms with van der Waals surface area (Å²) in [5.41, 5.74) is 0. The van der Waals surface area contributed by atoms with Gasteiger partial charge in [0.2, 0.25) is 0 Å². The van der Waals surface area contributed by atoms with Gasteiger partial charge in [-0.05, 0) is 20.0 Å². The van der Waals surface area contributed by atoms with Gasteiger partial charge in [-0.2, -0.15) is 0 Å². The molecule has 0 saturated heterocycles. The molecule has 0 heterocycles. The summed E-state index contributed by atoms with van der Waals surface area (Å²) in [4.78, 5) is 0. The Morgan fingerprint density at radius 1 is 1.17 bits per heavy atom. The molecular formula is C3H9BrPPt. The Balaban J connectivity index is 0. The molecule has 0 unspecified atom stereocenters. The van der Waals surface area contributed by atoms with Gasteiger partial charge in [0.15, 0.2) is 0 Å². The second-order valence-corrected chi connectivity index (χ2v) is 4.02. The number of hydrogen-bond donors (Lipinski definition) is 0. The molecule has 0 amide bonds. The molecule has 3 heteroatoms. The van der Waals surface area contributed by atoms with Gasteiger partial charge in [0.1, 0.15) is 0 Å². The van der Waals surface area contributed by atoms with E-state index in [1.807, 2.05) is 17.8 Å². The van der Waals surface area contributed by atoms with E-state index in [0.717, 1.165) is 0 Å². The summed E-state index contributed by atoms with van der Waals surface area (Å²) in [7, 11) is 0.380. The average molecular weight is 351 g/mol. The van der Waals surface area contributed by atoms with Crippen LogP contribution in [0.4, 0.5) is 0 Å². The van der Waals surface area contributed by atoms with Gasteiger partial charge in [-0.25, -0.2) is 0 Å². The Morgan fingerprint density at radius 2 is 1.17 bits per heavy atom. The van der Waals surface area contributed by atoms with Crippen LogP contribution in [0.1, 0.15) is 0 Å². The molecule has 0 N–H and O–H groups in total. The summed E-state index contributed by atoms with van der Waals surface area (Å²) in [5.74, 6) is 0. The maximum absolute atomic E-state index is 2.91. The van der Waals surface area contributed by atoms with Crippen molar-refractivity contribution in [3.63, 3.8) is 0 Å².